The fourth-order valence-corrected chi connectivity index (χ4v) is 42.0. The molecule has 5 atom stereocenters. The summed E-state index contributed by atoms with van der Waals surface area (Å²) >= 11 is 0. The van der Waals surface area contributed by atoms with Crippen LogP contribution in [0.5, 0.6) is 0 Å². The molecule has 0 N–H and O–H groups in total. The Morgan fingerprint density at radius 1 is 0.442 bits per heavy atom. The molecule has 0 amide bonds. The maximum atomic E-state index is 7.36. The summed E-state index contributed by atoms with van der Waals surface area (Å²) in [7, 11) is -17.3. The molecule has 3 aliphatic heterocycles. The van der Waals surface area contributed by atoms with Gasteiger partial charge < -0.3 is 77.2 Å². The van der Waals surface area contributed by atoms with Crippen LogP contribution in [0.25, 0.3) is 0 Å². The summed E-state index contributed by atoms with van der Waals surface area (Å²) in [6.07, 6.45) is 0. The highest BCUT2D eigenvalue weighted by Crippen LogP contribution is 2.47. The van der Waals surface area contributed by atoms with Crippen molar-refractivity contribution in [3.63, 3.8) is 0 Å². The van der Waals surface area contributed by atoms with Crippen LogP contribution in [0, 0.1) is 0 Å². The summed E-state index contributed by atoms with van der Waals surface area (Å²) in [6, 6.07) is 18.9. The molecule has 292 valence electrons. The minimum absolute atomic E-state index is 0.0514. The van der Waals surface area contributed by atoms with E-state index in [1.165, 1.54) is 71.1 Å². The van der Waals surface area contributed by atoms with Crippen molar-refractivity contribution in [2.45, 2.75) is 24.2 Å². The summed E-state index contributed by atoms with van der Waals surface area (Å²) in [5.74, 6) is 0. The Morgan fingerprint density at radius 2 is 0.885 bits per heavy atom. The molecule has 0 aliphatic carbocycles. The molecule has 2 aromatic carbocycles. The van der Waals surface area contributed by atoms with Crippen molar-refractivity contribution in [2.75, 3.05) is 71.1 Å². The van der Waals surface area contributed by atoms with Crippen molar-refractivity contribution in [1.82, 2.24) is 0 Å². The summed E-state index contributed by atoms with van der Waals surface area (Å²) < 4.78 is 115. The summed E-state index contributed by atoms with van der Waals surface area (Å²) in [6.45, 7) is 0. The lowest BCUT2D eigenvalue weighted by molar-refractivity contribution is -0.0528. The molecule has 5 unspecified atom stereocenters. The Kier molecular flexibility index (Phi) is 13.8. The first-order valence-electron chi connectivity index (χ1n) is 16.1. The lowest BCUT2D eigenvalue weighted by atomic mass is 10.4. The molecule has 3 heterocycles. The predicted octanol–water partition coefficient (Wildman–Crippen LogP) is 0.943. The van der Waals surface area contributed by atoms with Crippen molar-refractivity contribution in [2.24, 2.45) is 0 Å². The van der Waals surface area contributed by atoms with Crippen LogP contribution in [0.15, 0.2) is 60.7 Å². The van der Waals surface area contributed by atoms with Crippen LogP contribution in [0.4, 0.5) is 0 Å². The smallest absolute Gasteiger partial charge is 0.378 e. The van der Waals surface area contributed by atoms with E-state index in [0.29, 0.717) is 10.4 Å². The van der Waals surface area contributed by atoms with E-state index < -0.39 is 70.9 Å². The van der Waals surface area contributed by atoms with E-state index in [0.717, 1.165) is 0 Å². The maximum Gasteiger partial charge on any atom is 0.664 e. The van der Waals surface area contributed by atoms with Gasteiger partial charge in [-0.1, -0.05) is 60.7 Å². The molecule has 3 saturated heterocycles. The van der Waals surface area contributed by atoms with Crippen molar-refractivity contribution < 1.29 is 77.2 Å². The second-order valence-electron chi connectivity index (χ2n) is 11.4. The summed E-state index contributed by atoms with van der Waals surface area (Å²) in [5, 5.41) is 1.05. The van der Waals surface area contributed by atoms with Crippen LogP contribution in [-0.2, 0) is 77.2 Å². The Morgan fingerprint density at radius 3 is 1.29 bits per heavy atom. The Labute approximate surface area is 313 Å². The van der Waals surface area contributed by atoms with Crippen LogP contribution in [-0.4, -0.2) is 142 Å². The van der Waals surface area contributed by atoms with E-state index >= 15 is 0 Å². The largest absolute Gasteiger partial charge is 0.664 e. The lowest BCUT2D eigenvalue weighted by Crippen LogP contribution is -2.88. The molecule has 18 nitrogen and oxygen atoms in total. The molecule has 0 radical (unpaired) electrons. The summed E-state index contributed by atoms with van der Waals surface area (Å²) in [5.41, 5.74) is 0. The zero-order chi connectivity index (χ0) is 37.8. The normalized spacial score (nSPS) is 31.9. The monoisotopic (exact) mass is 872 g/mol. The van der Waals surface area contributed by atoms with Crippen LogP contribution < -0.4 is 10.4 Å². The van der Waals surface area contributed by atoms with Crippen LogP contribution >= 0.6 is 0 Å². The quantitative estimate of drug-likeness (QED) is 0.194. The van der Waals surface area contributed by atoms with Gasteiger partial charge in [-0.05, 0) is 0 Å². The Hall–Kier alpha value is -0.545. The van der Waals surface area contributed by atoms with Gasteiger partial charge in [-0.2, -0.15) is 0 Å². The highest BCUT2D eigenvalue weighted by Gasteiger charge is 2.82. The number of hydrogen-bond donors (Lipinski definition) is 0. The molecule has 0 saturated carbocycles. The van der Waals surface area contributed by atoms with Gasteiger partial charge in [-0.25, -0.2) is 0 Å². The summed E-state index contributed by atoms with van der Waals surface area (Å²) in [4.78, 5) is 0. The fraction of sp³-hybridized carbons (Fsp3) is 0.538. The molecule has 2 aromatic rings. The molecule has 3 aliphatic rings. The van der Waals surface area contributed by atoms with E-state index in [1.807, 2.05) is 48.5 Å². The van der Waals surface area contributed by atoms with Gasteiger partial charge in [-0.3, -0.25) is 0 Å². The third kappa shape index (κ3) is 8.14. The molecule has 5 rings (SSSR count). The van der Waals surface area contributed by atoms with Crippen LogP contribution in [0.1, 0.15) is 0 Å². The van der Waals surface area contributed by atoms with Crippen molar-refractivity contribution in [1.29, 1.82) is 0 Å². The first-order chi connectivity index (χ1) is 24.9. The van der Waals surface area contributed by atoms with Gasteiger partial charge in [-0.15, -0.1) is 0 Å². The molecule has 52 heavy (non-hydrogen) atoms. The zero-order valence-electron chi connectivity index (χ0n) is 31.0. The highest BCUT2D eigenvalue weighted by atomic mass is 28.6. The Balaban J connectivity index is 1.80. The zero-order valence-corrected chi connectivity index (χ0v) is 39.0. The first-order valence-corrected chi connectivity index (χ1v) is 30.6. The van der Waals surface area contributed by atoms with Gasteiger partial charge in [0.2, 0.25) is 0 Å². The SMILES string of the molecule is CO[Si](CC[Si]1(OC)O[Si]2(OC)O[Si](c3ccccc3)(O1)O[Si]1(CC[Si](OC)(OC)OC)O[Si](OC)(OC)O[Si](c3ccccc3)(O1)O2)(OC)OC. The molecule has 0 spiro atoms. The van der Waals surface area contributed by atoms with Gasteiger partial charge in [0.05, 0.1) is 0 Å². The van der Waals surface area contributed by atoms with Crippen molar-refractivity contribution in [3.05, 3.63) is 60.7 Å². The number of rotatable bonds is 18. The van der Waals surface area contributed by atoms with Crippen molar-refractivity contribution >= 4 is 81.3 Å². The Bertz CT molecular complexity index is 1430. The minimum Gasteiger partial charge on any atom is -0.378 e. The maximum absolute atomic E-state index is 7.36. The number of benzene rings is 2. The molecule has 4 bridgehead atoms. The third-order valence-electron chi connectivity index (χ3n) is 8.87. The van der Waals surface area contributed by atoms with E-state index in [4.69, 9.17) is 77.2 Å². The van der Waals surface area contributed by atoms with E-state index in [9.17, 15) is 0 Å². The van der Waals surface area contributed by atoms with E-state index in [1.54, 1.807) is 12.1 Å². The fourth-order valence-electron chi connectivity index (χ4n) is 5.96. The van der Waals surface area contributed by atoms with E-state index in [2.05, 4.69) is 0 Å². The molecule has 3 fully saturated rings. The minimum atomic E-state index is -4.50. The van der Waals surface area contributed by atoms with Gasteiger partial charge >= 0.3 is 70.9 Å². The number of fused-ring (bicyclic) bond motifs is 4. The second-order valence-corrected chi connectivity index (χ2v) is 34.9. The first kappa shape index (κ1) is 42.6. The van der Waals surface area contributed by atoms with E-state index in [-0.39, 0.29) is 24.2 Å². The average molecular weight is 873 g/mol. The number of hydrogen-bond acceptors (Lipinski definition) is 18. The molecular weight excluding hydrogens is 825 g/mol. The third-order valence-corrected chi connectivity index (χ3v) is 38.9. The lowest BCUT2D eigenvalue weighted by Gasteiger charge is -2.57. The standard InChI is InChI=1S/C26H48O18Si8/c1-27-45(28-2,29-3)21-23-47(33-7)37-49(25-17-13-11-14-18-25)38-48(24-22-46(30-4,31-5)32-6)39-50(26-19-15-12-16-20-26,42-51(34-8,35-9)41-48)44-52(36-10,40-47)43-49/h11-20H,21-24H2,1-10H3. The van der Waals surface area contributed by atoms with Crippen LogP contribution in [0.3, 0.4) is 0 Å². The van der Waals surface area contributed by atoms with Gasteiger partial charge in [0.15, 0.2) is 0 Å². The molecule has 26 heteroatoms. The molecular formula is C26H48O18Si8. The van der Waals surface area contributed by atoms with Crippen LogP contribution in [0.2, 0.25) is 24.2 Å². The highest BCUT2D eigenvalue weighted by molar-refractivity contribution is 7.03. The molecule has 0 aromatic heterocycles. The topological polar surface area (TPSA) is 166 Å². The second kappa shape index (κ2) is 16.9. The van der Waals surface area contributed by atoms with Gasteiger partial charge in [0.25, 0.3) is 0 Å². The predicted molar refractivity (Wildman–Crippen MR) is 196 cm³/mol. The average Bonchev–Trinajstić information content (AvgIpc) is 3.19. The van der Waals surface area contributed by atoms with Crippen molar-refractivity contribution in [3.8, 4) is 0 Å². The van der Waals surface area contributed by atoms with Gasteiger partial charge in [0, 0.05) is 106 Å². The van der Waals surface area contributed by atoms with Gasteiger partial charge in [0.1, 0.15) is 0 Å².